The molecule has 0 aliphatic rings. The van der Waals surface area contributed by atoms with Crippen molar-refractivity contribution in [2.24, 2.45) is 0 Å². The number of hydrogen-bond donors (Lipinski definition) is 1. The molecule has 6 nitrogen and oxygen atoms in total. The van der Waals surface area contributed by atoms with Gasteiger partial charge in [0.1, 0.15) is 5.01 Å². The van der Waals surface area contributed by atoms with Crippen molar-refractivity contribution >= 4 is 39.1 Å². The number of fused-ring (bicyclic) bond motifs is 1. The van der Waals surface area contributed by atoms with Crippen molar-refractivity contribution in [1.82, 2.24) is 9.97 Å². The Morgan fingerprint density at radius 1 is 1.03 bits per heavy atom. The van der Waals surface area contributed by atoms with Crippen LogP contribution in [0.4, 0.5) is 5.69 Å². The number of aromatic nitrogens is 2. The summed E-state index contributed by atoms with van der Waals surface area (Å²) in [6.45, 7) is 1.80. The standard InChI is InChI=1S/C23H19N3O3S/c1-2-19(21(27)25-15-11-13-24-14-12-15)29-23(28)17-8-4-3-7-16(17)22-26-18-9-5-6-10-20(18)30-22/h3-14,19H,2H2,1H3,(H,24,25,27). The number of amides is 1. The maximum atomic E-state index is 12.9. The van der Waals surface area contributed by atoms with Gasteiger partial charge < -0.3 is 10.1 Å². The first-order valence-corrected chi connectivity index (χ1v) is 10.3. The van der Waals surface area contributed by atoms with Crippen molar-refractivity contribution in [3.63, 3.8) is 0 Å². The number of ether oxygens (including phenoxy) is 1. The first-order chi connectivity index (χ1) is 14.7. The van der Waals surface area contributed by atoms with Gasteiger partial charge in [0, 0.05) is 23.6 Å². The van der Waals surface area contributed by atoms with E-state index in [1.54, 1.807) is 43.6 Å². The molecule has 0 saturated carbocycles. The van der Waals surface area contributed by atoms with Gasteiger partial charge in [0.25, 0.3) is 5.91 Å². The number of para-hydroxylation sites is 1. The molecule has 1 atom stereocenters. The fraction of sp³-hybridized carbons (Fsp3) is 0.130. The summed E-state index contributed by atoms with van der Waals surface area (Å²) in [5.41, 5.74) is 2.54. The summed E-state index contributed by atoms with van der Waals surface area (Å²) >= 11 is 1.51. The predicted octanol–water partition coefficient (Wildman–Crippen LogP) is 4.93. The number of nitrogens with one attached hydrogen (secondary N) is 1. The lowest BCUT2D eigenvalue weighted by molar-refractivity contribution is -0.124. The van der Waals surface area contributed by atoms with Crippen molar-refractivity contribution in [3.05, 3.63) is 78.6 Å². The predicted molar refractivity (Wildman–Crippen MR) is 117 cm³/mol. The largest absolute Gasteiger partial charge is 0.449 e. The quantitative estimate of drug-likeness (QED) is 0.450. The van der Waals surface area contributed by atoms with Crippen LogP contribution in [0, 0.1) is 0 Å². The van der Waals surface area contributed by atoms with Crippen LogP contribution < -0.4 is 5.32 Å². The van der Waals surface area contributed by atoms with Gasteiger partial charge in [-0.25, -0.2) is 9.78 Å². The van der Waals surface area contributed by atoms with E-state index in [1.165, 1.54) is 11.3 Å². The Hall–Kier alpha value is -3.58. The van der Waals surface area contributed by atoms with Gasteiger partial charge in [-0.2, -0.15) is 0 Å². The third kappa shape index (κ3) is 4.21. The molecule has 0 aliphatic carbocycles. The van der Waals surface area contributed by atoms with Gasteiger partial charge in [-0.15, -0.1) is 11.3 Å². The lowest BCUT2D eigenvalue weighted by atomic mass is 10.1. The summed E-state index contributed by atoms with van der Waals surface area (Å²) in [5, 5.41) is 3.48. The fourth-order valence-electron chi connectivity index (χ4n) is 3.01. The van der Waals surface area contributed by atoms with E-state index in [0.29, 0.717) is 23.2 Å². The Bertz CT molecular complexity index is 1160. The maximum absolute atomic E-state index is 12.9. The molecule has 1 amide bonds. The fourth-order valence-corrected chi connectivity index (χ4v) is 4.01. The SMILES string of the molecule is CCC(OC(=O)c1ccccc1-c1nc2ccccc2s1)C(=O)Nc1ccncc1. The van der Waals surface area contributed by atoms with Crippen molar-refractivity contribution in [2.45, 2.75) is 19.4 Å². The number of anilines is 1. The molecule has 4 rings (SSSR count). The normalized spacial score (nSPS) is 11.8. The van der Waals surface area contributed by atoms with Crippen LogP contribution in [-0.4, -0.2) is 27.9 Å². The van der Waals surface area contributed by atoms with E-state index in [0.717, 1.165) is 15.2 Å². The monoisotopic (exact) mass is 417 g/mol. The highest BCUT2D eigenvalue weighted by molar-refractivity contribution is 7.21. The minimum atomic E-state index is -0.908. The van der Waals surface area contributed by atoms with Gasteiger partial charge in [0.05, 0.1) is 15.8 Å². The average molecular weight is 417 g/mol. The van der Waals surface area contributed by atoms with Gasteiger partial charge >= 0.3 is 5.97 Å². The molecule has 0 bridgehead atoms. The number of rotatable bonds is 6. The van der Waals surface area contributed by atoms with Crippen LogP contribution in [0.25, 0.3) is 20.8 Å². The number of thiazole rings is 1. The van der Waals surface area contributed by atoms with Gasteiger partial charge in [0.15, 0.2) is 6.10 Å². The van der Waals surface area contributed by atoms with Gasteiger partial charge in [0.2, 0.25) is 0 Å². The molecule has 2 aromatic carbocycles. The minimum absolute atomic E-state index is 0.353. The Morgan fingerprint density at radius 3 is 2.53 bits per heavy atom. The Labute approximate surface area is 177 Å². The zero-order valence-corrected chi connectivity index (χ0v) is 17.1. The summed E-state index contributed by atoms with van der Waals surface area (Å²) in [5.74, 6) is -0.934. The third-order valence-corrected chi connectivity index (χ3v) is 5.60. The van der Waals surface area contributed by atoms with Crippen LogP contribution in [0.5, 0.6) is 0 Å². The van der Waals surface area contributed by atoms with Crippen LogP contribution in [0.3, 0.4) is 0 Å². The van der Waals surface area contributed by atoms with E-state index in [9.17, 15) is 9.59 Å². The Kier molecular flexibility index (Phi) is 5.81. The lowest BCUT2D eigenvalue weighted by Gasteiger charge is -2.17. The van der Waals surface area contributed by atoms with E-state index in [4.69, 9.17) is 4.74 Å². The van der Waals surface area contributed by atoms with Gasteiger partial charge in [-0.3, -0.25) is 9.78 Å². The average Bonchev–Trinajstić information content (AvgIpc) is 3.22. The first-order valence-electron chi connectivity index (χ1n) is 9.52. The smallest absolute Gasteiger partial charge is 0.339 e. The van der Waals surface area contributed by atoms with Crippen LogP contribution in [-0.2, 0) is 9.53 Å². The molecule has 150 valence electrons. The molecule has 2 aromatic heterocycles. The first kappa shape index (κ1) is 19.7. The summed E-state index contributed by atoms with van der Waals surface area (Å²) in [6.07, 6.45) is 2.61. The Balaban J connectivity index is 1.56. The number of hydrogen-bond acceptors (Lipinski definition) is 6. The molecule has 7 heteroatoms. The molecule has 1 N–H and O–H groups in total. The van der Waals surface area contributed by atoms with Gasteiger partial charge in [-0.05, 0) is 36.8 Å². The molecule has 30 heavy (non-hydrogen) atoms. The highest BCUT2D eigenvalue weighted by Gasteiger charge is 2.24. The summed E-state index contributed by atoms with van der Waals surface area (Å²) in [4.78, 5) is 34.1. The zero-order chi connectivity index (χ0) is 20.9. The van der Waals surface area contributed by atoms with E-state index in [2.05, 4.69) is 15.3 Å². The topological polar surface area (TPSA) is 81.2 Å². The molecule has 2 heterocycles. The molecule has 0 aliphatic heterocycles. The van der Waals surface area contributed by atoms with Gasteiger partial charge in [-0.1, -0.05) is 37.3 Å². The number of pyridine rings is 1. The molecule has 4 aromatic rings. The Morgan fingerprint density at radius 2 is 1.77 bits per heavy atom. The summed E-state index contributed by atoms with van der Waals surface area (Å²) in [7, 11) is 0. The second kappa shape index (κ2) is 8.84. The number of benzene rings is 2. The number of carbonyl (C=O) groups excluding carboxylic acids is 2. The lowest BCUT2D eigenvalue weighted by Crippen LogP contribution is -2.32. The molecular formula is C23H19N3O3S. The van der Waals surface area contributed by atoms with Crippen LogP contribution >= 0.6 is 11.3 Å². The van der Waals surface area contributed by atoms with Crippen molar-refractivity contribution in [3.8, 4) is 10.6 Å². The van der Waals surface area contributed by atoms with Crippen LogP contribution in [0.15, 0.2) is 73.1 Å². The van der Waals surface area contributed by atoms with E-state index < -0.39 is 12.1 Å². The molecule has 0 fully saturated rings. The highest BCUT2D eigenvalue weighted by Crippen LogP contribution is 2.32. The molecule has 1 unspecified atom stereocenters. The van der Waals surface area contributed by atoms with E-state index in [-0.39, 0.29) is 5.91 Å². The van der Waals surface area contributed by atoms with Crippen LogP contribution in [0.2, 0.25) is 0 Å². The second-order valence-electron chi connectivity index (χ2n) is 6.56. The molecule has 0 spiro atoms. The highest BCUT2D eigenvalue weighted by atomic mass is 32.1. The maximum Gasteiger partial charge on any atom is 0.339 e. The van der Waals surface area contributed by atoms with E-state index >= 15 is 0 Å². The third-order valence-electron chi connectivity index (χ3n) is 4.53. The van der Waals surface area contributed by atoms with E-state index in [1.807, 2.05) is 36.4 Å². The minimum Gasteiger partial charge on any atom is -0.449 e. The second-order valence-corrected chi connectivity index (χ2v) is 7.59. The molecular weight excluding hydrogens is 398 g/mol. The summed E-state index contributed by atoms with van der Waals surface area (Å²) < 4.78 is 6.61. The van der Waals surface area contributed by atoms with Crippen molar-refractivity contribution in [2.75, 3.05) is 5.32 Å². The molecule has 0 radical (unpaired) electrons. The van der Waals surface area contributed by atoms with Crippen molar-refractivity contribution in [1.29, 1.82) is 0 Å². The van der Waals surface area contributed by atoms with Crippen LogP contribution in [0.1, 0.15) is 23.7 Å². The molecule has 0 saturated heterocycles. The number of esters is 1. The number of nitrogens with zero attached hydrogens (tertiary/aromatic N) is 2. The zero-order valence-electron chi connectivity index (χ0n) is 16.2. The number of carbonyl (C=O) groups is 2. The summed E-state index contributed by atoms with van der Waals surface area (Å²) in [6, 6.07) is 18.3. The van der Waals surface area contributed by atoms with Crippen molar-refractivity contribution < 1.29 is 14.3 Å².